The second kappa shape index (κ2) is 12.9. The van der Waals surface area contributed by atoms with Gasteiger partial charge in [0.15, 0.2) is 0 Å². The van der Waals surface area contributed by atoms with Crippen molar-refractivity contribution in [3.8, 4) is 0 Å². The van der Waals surface area contributed by atoms with E-state index in [9.17, 15) is 5.11 Å². The van der Waals surface area contributed by atoms with Crippen molar-refractivity contribution in [2.45, 2.75) is 0 Å². The maximum atomic E-state index is 9.21. The maximum absolute atomic E-state index is 9.21. The number of thioether (sulfide) groups is 3. The van der Waals surface area contributed by atoms with Crippen molar-refractivity contribution >= 4 is 35.3 Å². The predicted octanol–water partition coefficient (Wildman–Crippen LogP) is 1.84. The Bertz CT molecular complexity index is 168. The fraction of sp³-hybridized carbons (Fsp3) is 1.00. The van der Waals surface area contributed by atoms with Gasteiger partial charge in [-0.25, -0.2) is 0 Å². The molecule has 1 N–H and O–H groups in total. The number of hydrogen-bond donors (Lipinski definition) is 1. The Morgan fingerprint density at radius 2 is 1.22 bits per heavy atom. The van der Waals surface area contributed by atoms with Gasteiger partial charge in [-0.1, -0.05) is 0 Å². The van der Waals surface area contributed by atoms with Gasteiger partial charge in [-0.15, -0.1) is 0 Å². The van der Waals surface area contributed by atoms with E-state index in [2.05, 4.69) is 0 Å². The molecule has 0 bridgehead atoms. The van der Waals surface area contributed by atoms with Crippen molar-refractivity contribution in [3.63, 3.8) is 0 Å². The first-order valence-electron chi connectivity index (χ1n) is 6.43. The summed E-state index contributed by atoms with van der Waals surface area (Å²) in [5, 5.41) is 9.21. The van der Waals surface area contributed by atoms with Gasteiger partial charge < -0.3 is 14.6 Å². The Hall–Kier alpha value is 0.930. The van der Waals surface area contributed by atoms with Crippen LogP contribution in [0.5, 0.6) is 0 Å². The molecule has 0 amide bonds. The van der Waals surface area contributed by atoms with E-state index < -0.39 is 0 Å². The molecule has 3 nitrogen and oxygen atoms in total. The van der Waals surface area contributed by atoms with Crippen molar-refractivity contribution < 1.29 is 14.6 Å². The molecule has 0 aliphatic carbocycles. The summed E-state index contributed by atoms with van der Waals surface area (Å²) in [4.78, 5) is 0. The van der Waals surface area contributed by atoms with Gasteiger partial charge in [-0.3, -0.25) is 0 Å². The number of ether oxygens (including phenoxy) is 2. The minimum atomic E-state index is 0.128. The summed E-state index contributed by atoms with van der Waals surface area (Å²) in [5.41, 5.74) is 0. The van der Waals surface area contributed by atoms with Gasteiger partial charge in [0.2, 0.25) is 0 Å². The van der Waals surface area contributed by atoms with Gasteiger partial charge in [0, 0.05) is 40.4 Å². The first-order chi connectivity index (χ1) is 8.93. The standard InChI is InChI=1S/C12H24O3S3/c13-9-12-10-14-1-3-16-5-7-18-8-6-17-4-2-15-11-12/h12-13H,1-11H2. The molecule has 1 heterocycles. The second-order valence-corrected chi connectivity index (χ2v) is 7.71. The lowest BCUT2D eigenvalue weighted by Crippen LogP contribution is -2.21. The molecule has 0 spiro atoms. The Balaban J connectivity index is 2.15. The van der Waals surface area contributed by atoms with E-state index in [0.717, 1.165) is 24.7 Å². The quantitative estimate of drug-likeness (QED) is 0.796. The molecule has 1 fully saturated rings. The molecule has 1 rings (SSSR count). The monoisotopic (exact) mass is 312 g/mol. The minimum Gasteiger partial charge on any atom is -0.396 e. The van der Waals surface area contributed by atoms with Crippen LogP contribution in [0.4, 0.5) is 0 Å². The number of aliphatic hydroxyl groups is 1. The molecule has 0 radical (unpaired) electrons. The molecule has 1 saturated heterocycles. The van der Waals surface area contributed by atoms with E-state index in [1.165, 1.54) is 23.0 Å². The highest BCUT2D eigenvalue weighted by atomic mass is 32.2. The molecule has 0 aromatic rings. The van der Waals surface area contributed by atoms with Crippen LogP contribution in [-0.4, -0.2) is 72.7 Å². The van der Waals surface area contributed by atoms with Crippen LogP contribution in [0.25, 0.3) is 0 Å². The Morgan fingerprint density at radius 1 is 0.778 bits per heavy atom. The number of aliphatic hydroxyl groups excluding tert-OH is 1. The molecule has 1 aliphatic rings. The Morgan fingerprint density at radius 3 is 1.67 bits per heavy atom. The van der Waals surface area contributed by atoms with E-state index in [-0.39, 0.29) is 12.5 Å². The highest BCUT2D eigenvalue weighted by molar-refractivity contribution is 8.04. The van der Waals surface area contributed by atoms with Crippen LogP contribution in [0.15, 0.2) is 0 Å². The van der Waals surface area contributed by atoms with Gasteiger partial charge in [-0.05, 0) is 0 Å². The molecule has 0 aromatic heterocycles. The fourth-order valence-electron chi connectivity index (χ4n) is 1.43. The van der Waals surface area contributed by atoms with E-state index in [1.54, 1.807) is 0 Å². The zero-order chi connectivity index (χ0) is 12.9. The topological polar surface area (TPSA) is 38.7 Å². The van der Waals surface area contributed by atoms with Crippen molar-refractivity contribution in [1.82, 2.24) is 0 Å². The van der Waals surface area contributed by atoms with Crippen molar-refractivity contribution in [2.24, 2.45) is 5.92 Å². The largest absolute Gasteiger partial charge is 0.396 e. The van der Waals surface area contributed by atoms with Crippen LogP contribution in [0, 0.1) is 5.92 Å². The average Bonchev–Trinajstić information content (AvgIpc) is 2.39. The lowest BCUT2D eigenvalue weighted by atomic mass is 10.2. The van der Waals surface area contributed by atoms with Crippen LogP contribution < -0.4 is 0 Å². The summed E-state index contributed by atoms with van der Waals surface area (Å²) in [7, 11) is 0. The zero-order valence-corrected chi connectivity index (χ0v) is 13.3. The fourth-order valence-corrected chi connectivity index (χ4v) is 4.40. The van der Waals surface area contributed by atoms with E-state index >= 15 is 0 Å². The molecular formula is C12H24O3S3. The van der Waals surface area contributed by atoms with E-state index in [0.29, 0.717) is 13.2 Å². The molecule has 108 valence electrons. The van der Waals surface area contributed by atoms with E-state index in [1.807, 2.05) is 35.3 Å². The van der Waals surface area contributed by atoms with Crippen molar-refractivity contribution in [2.75, 3.05) is 67.6 Å². The highest BCUT2D eigenvalue weighted by Gasteiger charge is 2.08. The Kier molecular flexibility index (Phi) is 12.2. The smallest absolute Gasteiger partial charge is 0.0556 e. The zero-order valence-electron chi connectivity index (χ0n) is 10.8. The molecule has 0 unspecified atom stereocenters. The second-order valence-electron chi connectivity index (χ2n) is 4.04. The molecule has 6 heteroatoms. The van der Waals surface area contributed by atoms with Crippen molar-refractivity contribution in [3.05, 3.63) is 0 Å². The van der Waals surface area contributed by atoms with Gasteiger partial charge >= 0.3 is 0 Å². The molecule has 0 aromatic carbocycles. The molecule has 0 saturated carbocycles. The third-order valence-corrected chi connectivity index (χ3v) is 5.85. The van der Waals surface area contributed by atoms with Crippen LogP contribution >= 0.6 is 35.3 Å². The molecule has 1 aliphatic heterocycles. The Labute approximate surface area is 123 Å². The third-order valence-electron chi connectivity index (χ3n) is 2.45. The maximum Gasteiger partial charge on any atom is 0.0556 e. The first kappa shape index (κ1) is 17.0. The first-order valence-corrected chi connectivity index (χ1v) is 9.89. The lowest BCUT2D eigenvalue weighted by Gasteiger charge is -2.15. The van der Waals surface area contributed by atoms with Gasteiger partial charge in [0.05, 0.1) is 33.0 Å². The summed E-state index contributed by atoms with van der Waals surface area (Å²) < 4.78 is 11.1. The van der Waals surface area contributed by atoms with Crippen LogP contribution in [0.3, 0.4) is 0 Å². The third kappa shape index (κ3) is 9.81. The predicted molar refractivity (Wildman–Crippen MR) is 84.2 cm³/mol. The highest BCUT2D eigenvalue weighted by Crippen LogP contribution is 2.11. The summed E-state index contributed by atoms with van der Waals surface area (Å²) in [5.74, 6) is 7.13. The van der Waals surface area contributed by atoms with Crippen LogP contribution in [0.1, 0.15) is 0 Å². The summed E-state index contributed by atoms with van der Waals surface area (Å²) in [6.45, 7) is 2.93. The summed E-state index contributed by atoms with van der Waals surface area (Å²) in [6, 6.07) is 0. The van der Waals surface area contributed by atoms with Crippen molar-refractivity contribution in [1.29, 1.82) is 0 Å². The minimum absolute atomic E-state index is 0.128. The summed E-state index contributed by atoms with van der Waals surface area (Å²) in [6.07, 6.45) is 0. The molecule has 18 heavy (non-hydrogen) atoms. The average molecular weight is 313 g/mol. The lowest BCUT2D eigenvalue weighted by molar-refractivity contribution is 0.0246. The van der Waals surface area contributed by atoms with Crippen LogP contribution in [-0.2, 0) is 9.47 Å². The van der Waals surface area contributed by atoms with Gasteiger partial charge in [0.1, 0.15) is 0 Å². The van der Waals surface area contributed by atoms with Gasteiger partial charge in [-0.2, -0.15) is 35.3 Å². The van der Waals surface area contributed by atoms with E-state index in [4.69, 9.17) is 9.47 Å². The van der Waals surface area contributed by atoms with Crippen LogP contribution in [0.2, 0.25) is 0 Å². The SMILES string of the molecule is OCC1COCCSCCSCCSCCOC1. The molecular weight excluding hydrogens is 288 g/mol. The summed E-state index contributed by atoms with van der Waals surface area (Å²) >= 11 is 5.94. The number of hydrogen-bond acceptors (Lipinski definition) is 6. The normalized spacial score (nSPS) is 23.8. The molecule has 0 atom stereocenters. The van der Waals surface area contributed by atoms with Gasteiger partial charge in [0.25, 0.3) is 0 Å². The number of rotatable bonds is 1.